The molecule has 0 saturated carbocycles. The molecule has 2 aromatic carbocycles. The van der Waals surface area contributed by atoms with Gasteiger partial charge in [0.05, 0.1) is 14.2 Å². The lowest BCUT2D eigenvalue weighted by Crippen LogP contribution is -2.40. The van der Waals surface area contributed by atoms with Crippen LogP contribution in [-0.4, -0.2) is 31.9 Å². The summed E-state index contributed by atoms with van der Waals surface area (Å²) in [7, 11) is 2.42. The molecule has 29 heavy (non-hydrogen) atoms. The molecule has 0 unspecified atom stereocenters. The molecule has 0 N–H and O–H groups in total. The van der Waals surface area contributed by atoms with E-state index in [1.54, 1.807) is 48.5 Å². The molecule has 2 aromatic rings. The first-order chi connectivity index (χ1) is 13.8. The predicted octanol–water partition coefficient (Wildman–Crippen LogP) is 4.54. The third kappa shape index (κ3) is 5.24. The minimum Gasteiger partial charge on any atom is -0.468 e. The molecular weight excluding hydrogens is 392 g/mol. The number of benzene rings is 2. The standard InChI is InChI=1S/C23H25ClO5/c1-14(2)18(21(25)16-8-6-5-7-9-16)19(15-10-12-17(24)13-11-15)20(22(26)28-3)23(27)29-4/h5-14,18-20H,1-4H3/t18-,19-/m0/s1. The van der Waals surface area contributed by atoms with Crippen LogP contribution in [0.5, 0.6) is 0 Å². The molecule has 2 rings (SSSR count). The Morgan fingerprint density at radius 3 is 1.79 bits per heavy atom. The van der Waals surface area contributed by atoms with Crippen LogP contribution < -0.4 is 0 Å². The molecule has 0 heterocycles. The SMILES string of the molecule is COC(=O)C(C(=O)OC)[C@@H](c1ccc(Cl)cc1)[C@@H](C(=O)c1ccccc1)C(C)C. The first-order valence-electron chi connectivity index (χ1n) is 9.32. The summed E-state index contributed by atoms with van der Waals surface area (Å²) in [6.07, 6.45) is 0. The number of esters is 2. The first-order valence-corrected chi connectivity index (χ1v) is 9.70. The van der Waals surface area contributed by atoms with Crippen LogP contribution in [0.15, 0.2) is 54.6 Å². The highest BCUT2D eigenvalue weighted by Crippen LogP contribution is 2.40. The molecule has 2 atom stereocenters. The number of methoxy groups -OCH3 is 2. The zero-order valence-electron chi connectivity index (χ0n) is 16.9. The summed E-state index contributed by atoms with van der Waals surface area (Å²) < 4.78 is 9.80. The van der Waals surface area contributed by atoms with Gasteiger partial charge in [0.25, 0.3) is 0 Å². The van der Waals surface area contributed by atoms with Gasteiger partial charge in [-0.1, -0.05) is 67.9 Å². The molecule has 0 radical (unpaired) electrons. The van der Waals surface area contributed by atoms with Gasteiger partial charge in [0.15, 0.2) is 11.7 Å². The molecular formula is C23H25ClO5. The van der Waals surface area contributed by atoms with E-state index in [2.05, 4.69) is 0 Å². The Morgan fingerprint density at radius 2 is 1.34 bits per heavy atom. The summed E-state index contributed by atoms with van der Waals surface area (Å²) in [4.78, 5) is 38.7. The molecule has 0 amide bonds. The second-order valence-electron chi connectivity index (χ2n) is 7.10. The fourth-order valence-corrected chi connectivity index (χ4v) is 3.74. The van der Waals surface area contributed by atoms with Crippen molar-refractivity contribution in [2.24, 2.45) is 17.8 Å². The second kappa shape index (κ2) is 10.2. The minimum atomic E-state index is -1.29. The van der Waals surface area contributed by atoms with Crippen molar-refractivity contribution >= 4 is 29.3 Å². The average Bonchev–Trinajstić information content (AvgIpc) is 2.73. The minimum absolute atomic E-state index is 0.154. The second-order valence-corrected chi connectivity index (χ2v) is 7.54. The van der Waals surface area contributed by atoms with E-state index < -0.39 is 29.7 Å². The van der Waals surface area contributed by atoms with Crippen molar-refractivity contribution in [3.63, 3.8) is 0 Å². The molecule has 0 aliphatic rings. The van der Waals surface area contributed by atoms with Gasteiger partial charge in [0, 0.05) is 22.4 Å². The molecule has 0 aromatic heterocycles. The zero-order valence-corrected chi connectivity index (χ0v) is 17.7. The Bertz CT molecular complexity index is 829. The molecule has 6 heteroatoms. The Balaban J connectivity index is 2.67. The molecule has 5 nitrogen and oxygen atoms in total. The maximum absolute atomic E-state index is 13.5. The number of halogens is 1. The highest BCUT2D eigenvalue weighted by Gasteiger charge is 2.45. The molecule has 0 bridgehead atoms. The molecule has 0 fully saturated rings. The molecule has 0 saturated heterocycles. The normalized spacial score (nSPS) is 13.1. The molecule has 0 spiro atoms. The van der Waals surface area contributed by atoms with E-state index in [1.807, 2.05) is 19.9 Å². The first kappa shape index (κ1) is 22.6. The Labute approximate surface area is 176 Å². The topological polar surface area (TPSA) is 69.7 Å². The highest BCUT2D eigenvalue weighted by molar-refractivity contribution is 6.30. The number of ketones is 1. The molecule has 0 aliphatic heterocycles. The molecule has 0 aliphatic carbocycles. The number of hydrogen-bond acceptors (Lipinski definition) is 5. The van der Waals surface area contributed by atoms with Crippen molar-refractivity contribution in [1.29, 1.82) is 0 Å². The van der Waals surface area contributed by atoms with Crippen LogP contribution >= 0.6 is 11.6 Å². The van der Waals surface area contributed by atoms with E-state index in [4.69, 9.17) is 21.1 Å². The number of carbonyl (C=O) groups is 3. The fraction of sp³-hybridized carbons (Fsp3) is 0.348. The van der Waals surface area contributed by atoms with Gasteiger partial charge in [-0.3, -0.25) is 14.4 Å². The highest BCUT2D eigenvalue weighted by atomic mass is 35.5. The molecule has 154 valence electrons. The Morgan fingerprint density at radius 1 is 0.828 bits per heavy atom. The van der Waals surface area contributed by atoms with Crippen molar-refractivity contribution in [2.45, 2.75) is 19.8 Å². The maximum Gasteiger partial charge on any atom is 0.320 e. The Kier molecular flexibility index (Phi) is 7.97. The monoisotopic (exact) mass is 416 g/mol. The van der Waals surface area contributed by atoms with Gasteiger partial charge in [-0.15, -0.1) is 0 Å². The van der Waals surface area contributed by atoms with E-state index in [-0.39, 0.29) is 11.7 Å². The van der Waals surface area contributed by atoms with Crippen molar-refractivity contribution in [3.8, 4) is 0 Å². The van der Waals surface area contributed by atoms with Crippen LogP contribution in [0.25, 0.3) is 0 Å². The fourth-order valence-electron chi connectivity index (χ4n) is 3.61. The van der Waals surface area contributed by atoms with E-state index in [0.717, 1.165) is 0 Å². The van der Waals surface area contributed by atoms with Crippen LogP contribution in [0.4, 0.5) is 0 Å². The lowest BCUT2D eigenvalue weighted by Gasteiger charge is -2.33. The van der Waals surface area contributed by atoms with Crippen LogP contribution in [0, 0.1) is 17.8 Å². The number of ether oxygens (including phenoxy) is 2. The van der Waals surface area contributed by atoms with Crippen LogP contribution in [0.1, 0.15) is 35.7 Å². The van der Waals surface area contributed by atoms with Crippen LogP contribution in [0.2, 0.25) is 5.02 Å². The average molecular weight is 417 g/mol. The summed E-state index contributed by atoms with van der Waals surface area (Å²) in [5.74, 6) is -4.54. The van der Waals surface area contributed by atoms with Crippen molar-refractivity contribution < 1.29 is 23.9 Å². The van der Waals surface area contributed by atoms with Gasteiger partial charge in [-0.05, 0) is 23.6 Å². The van der Waals surface area contributed by atoms with E-state index in [0.29, 0.717) is 16.1 Å². The van der Waals surface area contributed by atoms with Gasteiger partial charge < -0.3 is 9.47 Å². The quantitative estimate of drug-likeness (QED) is 0.359. The van der Waals surface area contributed by atoms with Gasteiger partial charge in [-0.25, -0.2) is 0 Å². The van der Waals surface area contributed by atoms with Gasteiger partial charge in [-0.2, -0.15) is 0 Å². The number of Topliss-reactive ketones (excluding diaryl/α,β-unsaturated/α-hetero) is 1. The van der Waals surface area contributed by atoms with Crippen molar-refractivity contribution in [2.75, 3.05) is 14.2 Å². The smallest absolute Gasteiger partial charge is 0.320 e. The number of hydrogen-bond donors (Lipinski definition) is 0. The summed E-state index contributed by atoms with van der Waals surface area (Å²) in [6, 6.07) is 15.6. The van der Waals surface area contributed by atoms with E-state index in [1.165, 1.54) is 14.2 Å². The predicted molar refractivity (Wildman–Crippen MR) is 111 cm³/mol. The lowest BCUT2D eigenvalue weighted by atomic mass is 9.69. The summed E-state index contributed by atoms with van der Waals surface area (Å²) in [6.45, 7) is 3.78. The van der Waals surface area contributed by atoms with E-state index in [9.17, 15) is 14.4 Å². The Hall–Kier alpha value is -2.66. The van der Waals surface area contributed by atoms with Gasteiger partial charge in [0.1, 0.15) is 0 Å². The van der Waals surface area contributed by atoms with Crippen LogP contribution in [0.3, 0.4) is 0 Å². The number of carbonyl (C=O) groups excluding carboxylic acids is 3. The third-order valence-electron chi connectivity index (χ3n) is 4.99. The number of rotatable bonds is 8. The van der Waals surface area contributed by atoms with Gasteiger partial charge in [0.2, 0.25) is 0 Å². The van der Waals surface area contributed by atoms with Gasteiger partial charge >= 0.3 is 11.9 Å². The van der Waals surface area contributed by atoms with Crippen molar-refractivity contribution in [1.82, 2.24) is 0 Å². The largest absolute Gasteiger partial charge is 0.468 e. The van der Waals surface area contributed by atoms with Crippen molar-refractivity contribution in [3.05, 3.63) is 70.7 Å². The van der Waals surface area contributed by atoms with E-state index >= 15 is 0 Å². The zero-order chi connectivity index (χ0) is 21.6. The summed E-state index contributed by atoms with van der Waals surface area (Å²) in [5.41, 5.74) is 1.15. The van der Waals surface area contributed by atoms with Crippen LogP contribution in [-0.2, 0) is 19.1 Å². The lowest BCUT2D eigenvalue weighted by molar-refractivity contribution is -0.160. The summed E-state index contributed by atoms with van der Waals surface area (Å²) >= 11 is 6.03. The maximum atomic E-state index is 13.5. The summed E-state index contributed by atoms with van der Waals surface area (Å²) in [5, 5.41) is 0.510. The third-order valence-corrected chi connectivity index (χ3v) is 5.24.